The summed E-state index contributed by atoms with van der Waals surface area (Å²) in [6, 6.07) is 0. The van der Waals surface area contributed by atoms with Crippen molar-refractivity contribution >= 4 is 5.91 Å². The molecule has 2 atom stereocenters. The highest BCUT2D eigenvalue weighted by Crippen LogP contribution is 2.17. The Hall–Kier alpha value is -0.610. The average molecular weight is 255 g/mol. The number of carbonyl (C=O) groups excluding carboxylic acids is 1. The van der Waals surface area contributed by atoms with Crippen LogP contribution in [-0.4, -0.2) is 51.1 Å². The van der Waals surface area contributed by atoms with Gasteiger partial charge in [-0.05, 0) is 52.2 Å². The molecule has 0 saturated carbocycles. The Kier molecular flexibility index (Phi) is 7.28. The molecule has 1 fully saturated rings. The van der Waals surface area contributed by atoms with E-state index in [1.165, 1.54) is 25.9 Å². The molecular weight excluding hydrogens is 226 g/mol. The van der Waals surface area contributed by atoms with E-state index in [0.717, 1.165) is 31.8 Å². The van der Waals surface area contributed by atoms with E-state index in [0.29, 0.717) is 0 Å². The van der Waals surface area contributed by atoms with Gasteiger partial charge in [0.1, 0.15) is 0 Å². The van der Waals surface area contributed by atoms with Crippen LogP contribution < -0.4 is 10.6 Å². The van der Waals surface area contributed by atoms with Gasteiger partial charge in [0.2, 0.25) is 5.91 Å². The molecule has 106 valence electrons. The van der Waals surface area contributed by atoms with Gasteiger partial charge in [-0.3, -0.25) is 4.79 Å². The Labute approximate surface area is 111 Å². The van der Waals surface area contributed by atoms with Crippen LogP contribution in [0.2, 0.25) is 0 Å². The molecule has 2 unspecified atom stereocenters. The summed E-state index contributed by atoms with van der Waals surface area (Å²) in [5.41, 5.74) is 0. The van der Waals surface area contributed by atoms with Crippen molar-refractivity contribution in [1.29, 1.82) is 0 Å². The van der Waals surface area contributed by atoms with Gasteiger partial charge in [0.25, 0.3) is 0 Å². The number of hydrogen-bond donors (Lipinski definition) is 2. The van der Waals surface area contributed by atoms with Gasteiger partial charge in [-0.25, -0.2) is 0 Å². The fourth-order valence-electron chi connectivity index (χ4n) is 2.72. The molecule has 1 rings (SSSR count). The van der Waals surface area contributed by atoms with Crippen molar-refractivity contribution < 1.29 is 4.79 Å². The molecular formula is C14H29N3O. The maximum absolute atomic E-state index is 11.9. The minimum atomic E-state index is 0.115. The van der Waals surface area contributed by atoms with Crippen LogP contribution in [0.4, 0.5) is 0 Å². The quantitative estimate of drug-likeness (QED) is 0.715. The molecule has 2 N–H and O–H groups in total. The van der Waals surface area contributed by atoms with E-state index >= 15 is 0 Å². The Morgan fingerprint density at radius 1 is 1.50 bits per heavy atom. The summed E-state index contributed by atoms with van der Waals surface area (Å²) in [4.78, 5) is 14.3. The van der Waals surface area contributed by atoms with Crippen LogP contribution >= 0.6 is 0 Å². The third kappa shape index (κ3) is 5.36. The lowest BCUT2D eigenvalue weighted by atomic mass is 9.95. The lowest BCUT2D eigenvalue weighted by molar-refractivity contribution is -0.125. The Morgan fingerprint density at radius 3 is 2.89 bits per heavy atom. The van der Waals surface area contributed by atoms with Crippen LogP contribution in [0.5, 0.6) is 0 Å². The molecule has 0 radical (unpaired) electrons. The first kappa shape index (κ1) is 15.4. The number of carbonyl (C=O) groups is 1. The summed E-state index contributed by atoms with van der Waals surface area (Å²) in [7, 11) is 4.08. The fraction of sp³-hybridized carbons (Fsp3) is 0.929. The van der Waals surface area contributed by atoms with E-state index in [-0.39, 0.29) is 11.8 Å². The smallest absolute Gasteiger partial charge is 0.224 e. The van der Waals surface area contributed by atoms with Gasteiger partial charge >= 0.3 is 0 Å². The summed E-state index contributed by atoms with van der Waals surface area (Å²) >= 11 is 0. The van der Waals surface area contributed by atoms with Crippen molar-refractivity contribution in [2.75, 3.05) is 40.3 Å². The van der Waals surface area contributed by atoms with Gasteiger partial charge in [-0.1, -0.05) is 6.92 Å². The molecule has 4 nitrogen and oxygen atoms in total. The predicted octanol–water partition coefficient (Wildman–Crippen LogP) is 1.08. The summed E-state index contributed by atoms with van der Waals surface area (Å²) in [6.45, 7) is 6.08. The minimum absolute atomic E-state index is 0.115. The first-order chi connectivity index (χ1) is 8.67. The van der Waals surface area contributed by atoms with Crippen LogP contribution in [-0.2, 0) is 4.79 Å². The topological polar surface area (TPSA) is 44.4 Å². The zero-order valence-corrected chi connectivity index (χ0v) is 12.2. The molecule has 1 aliphatic rings. The standard InChI is InChI=1S/C14H29N3O/c1-4-13(10-15-2)14(18)16-8-7-12-6-5-9-17(3)11-12/h12-13,15H,4-11H2,1-3H3,(H,16,18). The number of likely N-dealkylation sites (tertiary alicyclic amines) is 1. The first-order valence-corrected chi connectivity index (χ1v) is 7.28. The number of hydrogen-bond acceptors (Lipinski definition) is 3. The average Bonchev–Trinajstić information content (AvgIpc) is 2.36. The fourth-order valence-corrected chi connectivity index (χ4v) is 2.72. The van der Waals surface area contributed by atoms with Crippen molar-refractivity contribution in [3.63, 3.8) is 0 Å². The molecule has 4 heteroatoms. The molecule has 0 aromatic carbocycles. The molecule has 1 heterocycles. The Balaban J connectivity index is 2.17. The molecule has 0 bridgehead atoms. The number of nitrogens with one attached hydrogen (secondary N) is 2. The number of rotatable bonds is 7. The molecule has 1 aliphatic heterocycles. The van der Waals surface area contributed by atoms with E-state index in [4.69, 9.17) is 0 Å². The summed E-state index contributed by atoms with van der Waals surface area (Å²) in [6.07, 6.45) is 4.63. The lowest BCUT2D eigenvalue weighted by Crippen LogP contribution is -2.38. The van der Waals surface area contributed by atoms with E-state index in [9.17, 15) is 4.79 Å². The highest BCUT2D eigenvalue weighted by atomic mass is 16.1. The van der Waals surface area contributed by atoms with Crippen LogP contribution in [0.25, 0.3) is 0 Å². The highest BCUT2D eigenvalue weighted by molar-refractivity contribution is 5.78. The Bertz CT molecular complexity index is 245. The third-order valence-electron chi connectivity index (χ3n) is 3.89. The lowest BCUT2D eigenvalue weighted by Gasteiger charge is -2.29. The van der Waals surface area contributed by atoms with Gasteiger partial charge in [0, 0.05) is 19.6 Å². The molecule has 0 spiro atoms. The van der Waals surface area contributed by atoms with Gasteiger partial charge in [0.05, 0.1) is 5.92 Å². The normalized spacial score (nSPS) is 22.7. The van der Waals surface area contributed by atoms with Crippen molar-refractivity contribution in [3.8, 4) is 0 Å². The summed E-state index contributed by atoms with van der Waals surface area (Å²) in [5.74, 6) is 1.08. The van der Waals surface area contributed by atoms with Gasteiger partial charge < -0.3 is 15.5 Å². The second-order valence-corrected chi connectivity index (χ2v) is 5.51. The summed E-state index contributed by atoms with van der Waals surface area (Å²) in [5, 5.41) is 6.16. The zero-order chi connectivity index (χ0) is 13.4. The van der Waals surface area contributed by atoms with Crippen molar-refractivity contribution in [2.24, 2.45) is 11.8 Å². The van der Waals surface area contributed by atoms with Crippen molar-refractivity contribution in [1.82, 2.24) is 15.5 Å². The maximum atomic E-state index is 11.9. The maximum Gasteiger partial charge on any atom is 0.224 e. The molecule has 0 aliphatic carbocycles. The number of amides is 1. The number of piperidine rings is 1. The second kappa shape index (κ2) is 8.48. The van der Waals surface area contributed by atoms with Gasteiger partial charge in [-0.15, -0.1) is 0 Å². The second-order valence-electron chi connectivity index (χ2n) is 5.51. The predicted molar refractivity (Wildman–Crippen MR) is 75.6 cm³/mol. The molecule has 1 amide bonds. The van der Waals surface area contributed by atoms with E-state index < -0.39 is 0 Å². The first-order valence-electron chi connectivity index (χ1n) is 7.28. The van der Waals surface area contributed by atoms with Gasteiger partial charge in [0.15, 0.2) is 0 Å². The largest absolute Gasteiger partial charge is 0.356 e. The van der Waals surface area contributed by atoms with E-state index in [1.807, 2.05) is 7.05 Å². The SMILES string of the molecule is CCC(CNC)C(=O)NCCC1CCCN(C)C1. The van der Waals surface area contributed by atoms with Crippen LogP contribution in [0.15, 0.2) is 0 Å². The van der Waals surface area contributed by atoms with Crippen LogP contribution in [0, 0.1) is 11.8 Å². The van der Waals surface area contributed by atoms with Gasteiger partial charge in [-0.2, -0.15) is 0 Å². The summed E-state index contributed by atoms with van der Waals surface area (Å²) < 4.78 is 0. The van der Waals surface area contributed by atoms with E-state index in [2.05, 4.69) is 29.5 Å². The third-order valence-corrected chi connectivity index (χ3v) is 3.89. The Morgan fingerprint density at radius 2 is 2.28 bits per heavy atom. The van der Waals surface area contributed by atoms with E-state index in [1.54, 1.807) is 0 Å². The molecule has 1 saturated heterocycles. The van der Waals surface area contributed by atoms with Crippen molar-refractivity contribution in [3.05, 3.63) is 0 Å². The molecule has 0 aromatic heterocycles. The minimum Gasteiger partial charge on any atom is -0.356 e. The molecule has 18 heavy (non-hydrogen) atoms. The number of nitrogens with zero attached hydrogens (tertiary/aromatic N) is 1. The zero-order valence-electron chi connectivity index (χ0n) is 12.2. The monoisotopic (exact) mass is 255 g/mol. The highest BCUT2D eigenvalue weighted by Gasteiger charge is 2.18. The van der Waals surface area contributed by atoms with Crippen LogP contribution in [0.3, 0.4) is 0 Å². The van der Waals surface area contributed by atoms with Crippen LogP contribution in [0.1, 0.15) is 32.6 Å². The molecule has 0 aromatic rings. The van der Waals surface area contributed by atoms with Crippen molar-refractivity contribution in [2.45, 2.75) is 32.6 Å².